The first-order valence-electron chi connectivity index (χ1n) is 14.5. The van der Waals surface area contributed by atoms with E-state index < -0.39 is 0 Å². The molecule has 4 aliphatic carbocycles. The Kier molecular flexibility index (Phi) is 6.24. The Labute approximate surface area is 208 Å². The van der Waals surface area contributed by atoms with E-state index in [-0.39, 0.29) is 28.7 Å². The van der Waals surface area contributed by atoms with Gasteiger partial charge in [0.2, 0.25) is 0 Å². The molecule has 10 unspecified atom stereocenters. The molecule has 6 aliphatic rings. The molecular formula is C30H50O4. The maximum absolute atomic E-state index is 11.7. The number of hydrogen-bond donors (Lipinski definition) is 0. The minimum absolute atomic E-state index is 0.0291. The molecule has 194 valence electrons. The summed E-state index contributed by atoms with van der Waals surface area (Å²) in [5.41, 5.74) is 0.0855. The summed E-state index contributed by atoms with van der Waals surface area (Å²) >= 11 is 0. The molecule has 6 rings (SSSR count). The number of carbonyl (C=O) groups is 1. The van der Waals surface area contributed by atoms with Crippen LogP contribution in [-0.4, -0.2) is 23.3 Å². The van der Waals surface area contributed by atoms with Crippen molar-refractivity contribution < 1.29 is 19.3 Å². The van der Waals surface area contributed by atoms with Crippen LogP contribution in [0.3, 0.4) is 0 Å². The molecule has 4 nitrogen and oxygen atoms in total. The molecule has 2 aliphatic heterocycles. The SMILES string of the molecule is CC(=O)OC1CCC2(C)C3CCC4(C)C(C(C)CCC(C)C(C)C)CCC4C34CCC2(C1)OO4. The first kappa shape index (κ1) is 25.1. The first-order chi connectivity index (χ1) is 16.0. The van der Waals surface area contributed by atoms with Crippen molar-refractivity contribution in [3.63, 3.8) is 0 Å². The van der Waals surface area contributed by atoms with Crippen molar-refractivity contribution in [2.75, 3.05) is 0 Å². The van der Waals surface area contributed by atoms with Crippen LogP contribution in [0.2, 0.25) is 0 Å². The van der Waals surface area contributed by atoms with Crippen molar-refractivity contribution >= 4 is 5.97 Å². The van der Waals surface area contributed by atoms with Crippen LogP contribution in [-0.2, 0) is 19.3 Å². The van der Waals surface area contributed by atoms with E-state index in [1.165, 1.54) is 45.4 Å². The lowest BCUT2D eigenvalue weighted by Crippen LogP contribution is -2.75. The molecule has 2 spiro atoms. The van der Waals surface area contributed by atoms with Gasteiger partial charge in [0.25, 0.3) is 0 Å². The zero-order valence-corrected chi connectivity index (χ0v) is 23.0. The van der Waals surface area contributed by atoms with Gasteiger partial charge >= 0.3 is 5.97 Å². The maximum atomic E-state index is 11.7. The van der Waals surface area contributed by atoms with Crippen molar-refractivity contribution in [3.05, 3.63) is 0 Å². The van der Waals surface area contributed by atoms with E-state index in [0.29, 0.717) is 17.3 Å². The smallest absolute Gasteiger partial charge is 0.302 e. The summed E-state index contributed by atoms with van der Waals surface area (Å²) in [6.07, 6.45) is 12.9. The molecule has 2 bridgehead atoms. The van der Waals surface area contributed by atoms with Crippen LogP contribution < -0.4 is 0 Å². The first-order valence-corrected chi connectivity index (χ1v) is 14.5. The van der Waals surface area contributed by atoms with Gasteiger partial charge in [-0.2, -0.15) is 0 Å². The van der Waals surface area contributed by atoms with Gasteiger partial charge < -0.3 is 4.74 Å². The fourth-order valence-corrected chi connectivity index (χ4v) is 10.1. The number of rotatable bonds is 6. The summed E-state index contributed by atoms with van der Waals surface area (Å²) in [5.74, 6) is 4.17. The Bertz CT molecular complexity index is 783. The molecule has 6 fully saturated rings. The molecule has 0 aromatic rings. The summed E-state index contributed by atoms with van der Waals surface area (Å²) in [6.45, 7) is 16.3. The van der Waals surface area contributed by atoms with Crippen LogP contribution in [0.5, 0.6) is 0 Å². The van der Waals surface area contributed by atoms with Gasteiger partial charge in [0, 0.05) is 18.8 Å². The van der Waals surface area contributed by atoms with Gasteiger partial charge in [-0.3, -0.25) is 4.79 Å². The molecule has 0 aromatic heterocycles. The van der Waals surface area contributed by atoms with E-state index in [0.717, 1.165) is 55.8 Å². The third-order valence-electron chi connectivity index (χ3n) is 12.4. The number of fused-ring (bicyclic) bond motifs is 3. The average Bonchev–Trinajstić information content (AvgIpc) is 3.14. The van der Waals surface area contributed by atoms with Crippen molar-refractivity contribution in [3.8, 4) is 0 Å². The summed E-state index contributed by atoms with van der Waals surface area (Å²) in [5, 5.41) is 0. The molecule has 4 heteroatoms. The van der Waals surface area contributed by atoms with Crippen LogP contribution in [0.15, 0.2) is 0 Å². The van der Waals surface area contributed by atoms with Crippen LogP contribution >= 0.6 is 0 Å². The lowest BCUT2D eigenvalue weighted by atomic mass is 9.40. The molecule has 2 heterocycles. The summed E-state index contributed by atoms with van der Waals surface area (Å²) in [4.78, 5) is 24.8. The molecular weight excluding hydrogens is 424 g/mol. The van der Waals surface area contributed by atoms with Gasteiger partial charge in [0.15, 0.2) is 0 Å². The third kappa shape index (κ3) is 3.47. The Balaban J connectivity index is 1.36. The molecule has 10 atom stereocenters. The van der Waals surface area contributed by atoms with E-state index in [4.69, 9.17) is 14.5 Å². The van der Waals surface area contributed by atoms with Crippen LogP contribution in [0.4, 0.5) is 0 Å². The van der Waals surface area contributed by atoms with Gasteiger partial charge in [-0.15, -0.1) is 0 Å². The maximum Gasteiger partial charge on any atom is 0.302 e. The van der Waals surface area contributed by atoms with E-state index in [1.807, 2.05) is 0 Å². The molecule has 34 heavy (non-hydrogen) atoms. The van der Waals surface area contributed by atoms with Crippen LogP contribution in [0.25, 0.3) is 0 Å². The molecule has 0 radical (unpaired) electrons. The van der Waals surface area contributed by atoms with Gasteiger partial charge in [0.1, 0.15) is 17.3 Å². The van der Waals surface area contributed by atoms with E-state index in [9.17, 15) is 4.79 Å². The Hall–Kier alpha value is -0.610. The zero-order valence-electron chi connectivity index (χ0n) is 23.0. The fraction of sp³-hybridized carbons (Fsp3) is 0.967. The largest absolute Gasteiger partial charge is 0.462 e. The summed E-state index contributed by atoms with van der Waals surface area (Å²) < 4.78 is 5.67. The minimum atomic E-state index is -0.288. The van der Waals surface area contributed by atoms with E-state index in [1.54, 1.807) is 0 Å². The predicted molar refractivity (Wildman–Crippen MR) is 134 cm³/mol. The Morgan fingerprint density at radius 2 is 1.68 bits per heavy atom. The number of hydrogen-bond acceptors (Lipinski definition) is 4. The van der Waals surface area contributed by atoms with Crippen molar-refractivity contribution in [2.45, 2.75) is 136 Å². The topological polar surface area (TPSA) is 44.8 Å². The normalized spacial score (nSPS) is 49.2. The monoisotopic (exact) mass is 474 g/mol. The highest BCUT2D eigenvalue weighted by Crippen LogP contribution is 2.74. The molecule has 0 N–H and O–H groups in total. The summed E-state index contributed by atoms with van der Waals surface area (Å²) in [6, 6.07) is 0. The lowest BCUT2D eigenvalue weighted by Gasteiger charge is -2.72. The quantitative estimate of drug-likeness (QED) is 0.295. The minimum Gasteiger partial charge on any atom is -0.462 e. The van der Waals surface area contributed by atoms with Crippen molar-refractivity contribution in [2.24, 2.45) is 46.3 Å². The molecule has 0 amide bonds. The second-order valence-electron chi connectivity index (χ2n) is 14.1. The highest BCUT2D eigenvalue weighted by Gasteiger charge is 2.76. The predicted octanol–water partition coefficient (Wildman–Crippen LogP) is 7.49. The van der Waals surface area contributed by atoms with Gasteiger partial charge in [0.05, 0.1) is 0 Å². The van der Waals surface area contributed by atoms with E-state index >= 15 is 0 Å². The van der Waals surface area contributed by atoms with Gasteiger partial charge in [-0.05, 0) is 92.3 Å². The third-order valence-corrected chi connectivity index (χ3v) is 12.4. The van der Waals surface area contributed by atoms with Gasteiger partial charge in [-0.1, -0.05) is 54.4 Å². The molecule has 4 saturated carbocycles. The van der Waals surface area contributed by atoms with Crippen molar-refractivity contribution in [1.82, 2.24) is 0 Å². The van der Waals surface area contributed by atoms with Crippen molar-refractivity contribution in [1.29, 1.82) is 0 Å². The van der Waals surface area contributed by atoms with Crippen LogP contribution in [0.1, 0.15) is 119 Å². The second-order valence-corrected chi connectivity index (χ2v) is 14.1. The number of carbonyl (C=O) groups excluding carboxylic acids is 1. The lowest BCUT2D eigenvalue weighted by molar-refractivity contribution is -0.536. The Morgan fingerprint density at radius 3 is 2.32 bits per heavy atom. The highest BCUT2D eigenvalue weighted by molar-refractivity contribution is 5.66. The average molecular weight is 475 g/mol. The second kappa shape index (κ2) is 8.47. The number of ether oxygens (including phenoxy) is 1. The number of esters is 1. The zero-order chi connectivity index (χ0) is 24.5. The summed E-state index contributed by atoms with van der Waals surface area (Å²) in [7, 11) is 0. The molecule has 0 aromatic carbocycles. The fourth-order valence-electron chi connectivity index (χ4n) is 10.1. The standard InChI is InChI=1S/C30H50O4/c1-19(2)20(3)8-9-21(4)24-10-11-25-27(24,6)14-13-26-28(7)15-12-23(32-22(5)31)18-29(28)16-17-30(25,26)34-33-29/h19-21,23-26H,8-18H2,1-7H3. The molecule has 2 saturated heterocycles. The van der Waals surface area contributed by atoms with E-state index in [2.05, 4.69) is 41.5 Å². The Morgan fingerprint density at radius 1 is 0.912 bits per heavy atom. The highest BCUT2D eigenvalue weighted by atomic mass is 17.2. The van der Waals surface area contributed by atoms with Crippen LogP contribution in [0, 0.1) is 46.3 Å². The van der Waals surface area contributed by atoms with Gasteiger partial charge in [-0.25, -0.2) is 9.78 Å².